The van der Waals surface area contributed by atoms with E-state index in [4.69, 9.17) is 16.6 Å². The first-order valence-corrected chi connectivity index (χ1v) is 11.5. The minimum absolute atomic E-state index is 0.0506. The van der Waals surface area contributed by atoms with Crippen LogP contribution < -0.4 is 11.0 Å². The molecular weight excluding hydrogens is 434 g/mol. The number of imidazole rings is 1. The van der Waals surface area contributed by atoms with Crippen LogP contribution in [0.25, 0.3) is 21.3 Å². The summed E-state index contributed by atoms with van der Waals surface area (Å²) in [7, 11) is 0. The number of amides is 1. The molecular formula is C22H22ClN5O2S. The quantitative estimate of drug-likeness (QED) is 0.427. The van der Waals surface area contributed by atoms with Crippen molar-refractivity contribution in [3.8, 4) is 0 Å². The average Bonchev–Trinajstić information content (AvgIpc) is 3.35. The third-order valence-electron chi connectivity index (χ3n) is 5.96. The molecule has 4 aromatic rings. The highest BCUT2D eigenvalue weighted by molar-refractivity contribution is 7.18. The number of likely N-dealkylation sites (tertiary alicyclic amines) is 1. The second kappa shape index (κ2) is 8.11. The number of aromatic nitrogens is 3. The van der Waals surface area contributed by atoms with Gasteiger partial charge in [0, 0.05) is 16.6 Å². The number of carbonyl (C=O) groups is 1. The summed E-state index contributed by atoms with van der Waals surface area (Å²) in [5.74, 6) is 0.362. The van der Waals surface area contributed by atoms with E-state index in [2.05, 4.69) is 20.2 Å². The lowest BCUT2D eigenvalue weighted by atomic mass is 9.96. The van der Waals surface area contributed by atoms with Crippen LogP contribution in [0.2, 0.25) is 5.02 Å². The van der Waals surface area contributed by atoms with Crippen molar-refractivity contribution < 1.29 is 4.79 Å². The highest BCUT2D eigenvalue weighted by Crippen LogP contribution is 2.35. The number of nitrogens with zero attached hydrogens (tertiary/aromatic N) is 2. The number of halogens is 1. The summed E-state index contributed by atoms with van der Waals surface area (Å²) in [5.41, 5.74) is 2.76. The topological polar surface area (TPSA) is 93.9 Å². The van der Waals surface area contributed by atoms with Gasteiger partial charge < -0.3 is 15.3 Å². The molecule has 3 N–H and O–H groups in total. The number of benzene rings is 2. The van der Waals surface area contributed by atoms with Crippen LogP contribution in [-0.2, 0) is 4.79 Å². The molecule has 1 saturated heterocycles. The fourth-order valence-corrected chi connectivity index (χ4v) is 5.43. The van der Waals surface area contributed by atoms with Crippen LogP contribution in [-0.4, -0.2) is 44.9 Å². The van der Waals surface area contributed by atoms with Crippen molar-refractivity contribution >= 4 is 55.8 Å². The third-order valence-corrected chi connectivity index (χ3v) is 7.39. The predicted octanol–water partition coefficient (Wildman–Crippen LogP) is 4.33. The van der Waals surface area contributed by atoms with Gasteiger partial charge in [-0.25, -0.2) is 9.78 Å². The standard InChI is InChI=1S/C22H22ClN5O2S/c1-12(20(29)24-15-3-4-16-17(11-15)27-22(30)26-16)28-8-6-13(7-9-28)21-25-18-10-14(23)2-5-19(18)31-21/h2-5,10-13H,6-9H2,1H3,(H,24,29)(H2,26,27,30). The number of fused-ring (bicyclic) bond motifs is 2. The molecule has 0 aliphatic carbocycles. The fraction of sp³-hybridized carbons (Fsp3) is 0.318. The van der Waals surface area contributed by atoms with Crippen LogP contribution in [0.15, 0.2) is 41.2 Å². The number of carbonyl (C=O) groups excluding carboxylic acids is 1. The van der Waals surface area contributed by atoms with Gasteiger partial charge in [-0.3, -0.25) is 9.69 Å². The maximum atomic E-state index is 12.8. The minimum atomic E-state index is -0.258. The summed E-state index contributed by atoms with van der Waals surface area (Å²) < 4.78 is 1.16. The first-order valence-electron chi connectivity index (χ1n) is 10.3. The number of hydrogen-bond donors (Lipinski definition) is 3. The molecule has 1 fully saturated rings. The highest BCUT2D eigenvalue weighted by Gasteiger charge is 2.28. The van der Waals surface area contributed by atoms with Crippen LogP contribution in [0.1, 0.15) is 30.7 Å². The van der Waals surface area contributed by atoms with E-state index in [1.807, 2.05) is 25.1 Å². The Morgan fingerprint density at radius 2 is 1.97 bits per heavy atom. The van der Waals surface area contributed by atoms with Crippen molar-refractivity contribution in [1.82, 2.24) is 19.9 Å². The van der Waals surface area contributed by atoms with E-state index >= 15 is 0 Å². The summed E-state index contributed by atoms with van der Waals surface area (Å²) in [6.45, 7) is 3.63. The number of nitrogens with one attached hydrogen (secondary N) is 3. The minimum Gasteiger partial charge on any atom is -0.325 e. The zero-order valence-electron chi connectivity index (χ0n) is 16.9. The van der Waals surface area contributed by atoms with Gasteiger partial charge in [-0.2, -0.15) is 0 Å². The molecule has 0 bridgehead atoms. The van der Waals surface area contributed by atoms with Gasteiger partial charge in [0.25, 0.3) is 0 Å². The largest absolute Gasteiger partial charge is 0.325 e. The number of piperidine rings is 1. The molecule has 2 aromatic heterocycles. The Kier molecular flexibility index (Phi) is 5.29. The smallest absolute Gasteiger partial charge is 0.323 e. The fourth-order valence-electron chi connectivity index (χ4n) is 4.15. The van der Waals surface area contributed by atoms with Crippen molar-refractivity contribution in [2.75, 3.05) is 18.4 Å². The van der Waals surface area contributed by atoms with Gasteiger partial charge >= 0.3 is 5.69 Å². The number of rotatable bonds is 4. The zero-order chi connectivity index (χ0) is 21.5. The molecule has 1 unspecified atom stereocenters. The van der Waals surface area contributed by atoms with Crippen LogP contribution in [0, 0.1) is 0 Å². The maximum Gasteiger partial charge on any atom is 0.323 e. The summed E-state index contributed by atoms with van der Waals surface area (Å²) in [6, 6.07) is 11.0. The lowest BCUT2D eigenvalue weighted by Crippen LogP contribution is -2.45. The van der Waals surface area contributed by atoms with Crippen molar-refractivity contribution in [1.29, 1.82) is 0 Å². The molecule has 9 heteroatoms. The van der Waals surface area contributed by atoms with Gasteiger partial charge in [0.2, 0.25) is 5.91 Å². The van der Waals surface area contributed by atoms with E-state index in [0.29, 0.717) is 22.1 Å². The number of thiazole rings is 1. The van der Waals surface area contributed by atoms with Crippen molar-refractivity contribution in [3.05, 3.63) is 56.9 Å². The monoisotopic (exact) mass is 455 g/mol. The molecule has 5 rings (SSSR count). The van der Waals surface area contributed by atoms with E-state index in [-0.39, 0.29) is 17.6 Å². The average molecular weight is 456 g/mol. The van der Waals surface area contributed by atoms with Gasteiger partial charge in [0.1, 0.15) is 0 Å². The normalized spacial score (nSPS) is 16.7. The Hall–Kier alpha value is -2.68. The molecule has 31 heavy (non-hydrogen) atoms. The van der Waals surface area contributed by atoms with Crippen molar-refractivity contribution in [3.63, 3.8) is 0 Å². The summed E-state index contributed by atoms with van der Waals surface area (Å²) in [4.78, 5) is 36.6. The molecule has 0 radical (unpaired) electrons. The molecule has 7 nitrogen and oxygen atoms in total. The van der Waals surface area contributed by atoms with Gasteiger partial charge in [-0.1, -0.05) is 11.6 Å². The zero-order valence-corrected chi connectivity index (χ0v) is 18.5. The summed E-state index contributed by atoms with van der Waals surface area (Å²) in [6.07, 6.45) is 1.95. The molecule has 1 aliphatic heterocycles. The van der Waals surface area contributed by atoms with E-state index in [9.17, 15) is 9.59 Å². The molecule has 0 saturated carbocycles. The van der Waals surface area contributed by atoms with Crippen molar-refractivity contribution in [2.45, 2.75) is 31.7 Å². The van der Waals surface area contributed by atoms with Crippen LogP contribution in [0.3, 0.4) is 0 Å². The van der Waals surface area contributed by atoms with Gasteiger partial charge in [0.15, 0.2) is 0 Å². The summed E-state index contributed by atoms with van der Waals surface area (Å²) in [5, 5.41) is 4.83. The van der Waals surface area contributed by atoms with Gasteiger partial charge in [-0.15, -0.1) is 11.3 Å². The molecule has 0 spiro atoms. The highest BCUT2D eigenvalue weighted by atomic mass is 35.5. The third kappa shape index (κ3) is 4.11. The van der Waals surface area contributed by atoms with Crippen molar-refractivity contribution in [2.24, 2.45) is 0 Å². The first kappa shape index (κ1) is 20.2. The number of anilines is 1. The van der Waals surface area contributed by atoms with Gasteiger partial charge in [-0.05, 0) is 69.3 Å². The van der Waals surface area contributed by atoms with Crippen LogP contribution in [0.5, 0.6) is 0 Å². The second-order valence-corrected chi connectivity index (χ2v) is 9.48. The molecule has 1 atom stereocenters. The van der Waals surface area contributed by atoms with E-state index < -0.39 is 0 Å². The molecule has 2 aromatic carbocycles. The lowest BCUT2D eigenvalue weighted by Gasteiger charge is -2.34. The first-order chi connectivity index (χ1) is 15.0. The lowest BCUT2D eigenvalue weighted by molar-refractivity contribution is -0.121. The molecule has 3 heterocycles. The number of aromatic amines is 2. The molecule has 160 valence electrons. The Balaban J connectivity index is 1.21. The summed E-state index contributed by atoms with van der Waals surface area (Å²) >= 11 is 7.83. The molecule has 1 aliphatic rings. The number of H-pyrrole nitrogens is 2. The Labute approximate surface area is 187 Å². The Bertz CT molecular complexity index is 1320. The molecule has 1 amide bonds. The van der Waals surface area contributed by atoms with E-state index in [1.165, 1.54) is 0 Å². The number of hydrogen-bond acceptors (Lipinski definition) is 5. The van der Waals surface area contributed by atoms with Crippen LogP contribution >= 0.6 is 22.9 Å². The van der Waals surface area contributed by atoms with E-state index in [1.54, 1.807) is 29.5 Å². The van der Waals surface area contributed by atoms with Crippen LogP contribution in [0.4, 0.5) is 5.69 Å². The second-order valence-electron chi connectivity index (χ2n) is 7.98. The maximum absolute atomic E-state index is 12.8. The predicted molar refractivity (Wildman–Crippen MR) is 125 cm³/mol. The van der Waals surface area contributed by atoms with Gasteiger partial charge in [0.05, 0.1) is 32.3 Å². The van der Waals surface area contributed by atoms with E-state index in [0.717, 1.165) is 46.7 Å². The Morgan fingerprint density at radius 3 is 2.77 bits per heavy atom. The SMILES string of the molecule is CC(C(=O)Nc1ccc2[nH]c(=O)[nH]c2c1)N1CCC(c2nc3cc(Cl)ccc3s2)CC1. The Morgan fingerprint density at radius 1 is 1.19 bits per heavy atom.